The molecule has 1 aliphatic rings. The lowest BCUT2D eigenvalue weighted by molar-refractivity contribution is -0.147. The summed E-state index contributed by atoms with van der Waals surface area (Å²) in [6.07, 6.45) is 0. The number of likely N-dealkylation sites (tertiary alicyclic amines) is 1. The Hall–Kier alpha value is -3.66. The molecule has 7 heteroatoms. The molecule has 1 aliphatic heterocycles. The zero-order valence-electron chi connectivity index (χ0n) is 16.0. The number of aliphatic carboxylic acids is 1. The van der Waals surface area contributed by atoms with Crippen molar-refractivity contribution in [3.05, 3.63) is 71.3 Å². The van der Waals surface area contributed by atoms with Gasteiger partial charge in [-0.1, -0.05) is 37.3 Å². The van der Waals surface area contributed by atoms with Crippen molar-refractivity contribution in [3.63, 3.8) is 0 Å². The third kappa shape index (κ3) is 3.57. The van der Waals surface area contributed by atoms with Gasteiger partial charge in [0, 0.05) is 11.5 Å². The highest BCUT2D eigenvalue weighted by molar-refractivity contribution is 5.98. The first kappa shape index (κ1) is 20.1. The second-order valence-corrected chi connectivity index (χ2v) is 6.95. The molecule has 0 aliphatic carbocycles. The number of amides is 1. The number of carboxylic acids is 1. The van der Waals surface area contributed by atoms with Gasteiger partial charge in [0.2, 0.25) is 0 Å². The Morgan fingerprint density at radius 3 is 2.21 bits per heavy atom. The Bertz CT molecular complexity index is 965. The Kier molecular flexibility index (Phi) is 5.64. The molecule has 148 valence electrons. The molecule has 1 amide bonds. The summed E-state index contributed by atoms with van der Waals surface area (Å²) >= 11 is 0. The van der Waals surface area contributed by atoms with E-state index in [2.05, 4.69) is 0 Å². The number of nitriles is 1. The van der Waals surface area contributed by atoms with E-state index in [1.807, 2.05) is 6.07 Å². The van der Waals surface area contributed by atoms with Crippen molar-refractivity contribution in [3.8, 4) is 6.07 Å². The van der Waals surface area contributed by atoms with Crippen LogP contribution in [0.1, 0.15) is 34.5 Å². The standard InChI is InChI=1S/C22H20N2O5/c1-13-17(22(28)29-2)19(15-10-8-14(12-23)9-11-15)24(18(13)21(26)27)20(25)16-6-4-3-5-7-16/h3-11,13,17-19H,1-2H3,(H,26,27). The van der Waals surface area contributed by atoms with E-state index in [1.165, 1.54) is 12.0 Å². The smallest absolute Gasteiger partial charge is 0.326 e. The molecule has 0 radical (unpaired) electrons. The first-order chi connectivity index (χ1) is 13.9. The summed E-state index contributed by atoms with van der Waals surface area (Å²) in [7, 11) is 1.24. The summed E-state index contributed by atoms with van der Waals surface area (Å²) in [6, 6.07) is 14.8. The van der Waals surface area contributed by atoms with Crippen molar-refractivity contribution in [1.29, 1.82) is 5.26 Å². The first-order valence-electron chi connectivity index (χ1n) is 9.09. The summed E-state index contributed by atoms with van der Waals surface area (Å²) in [6.45, 7) is 1.63. The normalized spacial score (nSPS) is 23.3. The van der Waals surface area contributed by atoms with Gasteiger partial charge in [-0.25, -0.2) is 4.79 Å². The van der Waals surface area contributed by atoms with Gasteiger partial charge in [-0.15, -0.1) is 0 Å². The molecular formula is C22H20N2O5. The lowest BCUT2D eigenvalue weighted by atomic mass is 9.85. The minimum atomic E-state index is -1.20. The van der Waals surface area contributed by atoms with E-state index >= 15 is 0 Å². The quantitative estimate of drug-likeness (QED) is 0.802. The Balaban J connectivity index is 2.17. The summed E-state index contributed by atoms with van der Waals surface area (Å²) in [4.78, 5) is 39.3. The number of nitrogens with zero attached hydrogens (tertiary/aromatic N) is 2. The van der Waals surface area contributed by atoms with Crippen molar-refractivity contribution >= 4 is 17.8 Å². The van der Waals surface area contributed by atoms with Gasteiger partial charge in [-0.2, -0.15) is 5.26 Å². The number of methoxy groups -OCH3 is 1. The molecule has 2 aromatic carbocycles. The molecule has 3 rings (SSSR count). The molecule has 1 N–H and O–H groups in total. The number of hydrogen-bond acceptors (Lipinski definition) is 5. The van der Waals surface area contributed by atoms with Crippen LogP contribution in [0.25, 0.3) is 0 Å². The monoisotopic (exact) mass is 392 g/mol. The van der Waals surface area contributed by atoms with Crippen LogP contribution in [0.3, 0.4) is 0 Å². The summed E-state index contributed by atoms with van der Waals surface area (Å²) in [5, 5.41) is 18.9. The molecule has 0 aromatic heterocycles. The van der Waals surface area contributed by atoms with Crippen LogP contribution in [0.15, 0.2) is 54.6 Å². The van der Waals surface area contributed by atoms with Crippen LogP contribution in [0.5, 0.6) is 0 Å². The number of rotatable bonds is 4. The topological polar surface area (TPSA) is 108 Å². The minimum absolute atomic E-state index is 0.329. The van der Waals surface area contributed by atoms with Crippen LogP contribution in [0, 0.1) is 23.2 Å². The van der Waals surface area contributed by atoms with E-state index in [0.29, 0.717) is 16.7 Å². The van der Waals surface area contributed by atoms with Gasteiger partial charge in [-0.3, -0.25) is 9.59 Å². The molecule has 0 bridgehead atoms. The average Bonchev–Trinajstić information content (AvgIpc) is 3.06. The van der Waals surface area contributed by atoms with Crippen molar-refractivity contribution < 1.29 is 24.2 Å². The molecule has 0 saturated carbocycles. The van der Waals surface area contributed by atoms with E-state index < -0.39 is 41.8 Å². The number of carbonyl (C=O) groups excluding carboxylic acids is 2. The van der Waals surface area contributed by atoms with Crippen LogP contribution >= 0.6 is 0 Å². The maximum Gasteiger partial charge on any atom is 0.326 e. The van der Waals surface area contributed by atoms with Crippen LogP contribution in [0.4, 0.5) is 0 Å². The van der Waals surface area contributed by atoms with E-state index in [4.69, 9.17) is 10.00 Å². The van der Waals surface area contributed by atoms with Crippen molar-refractivity contribution in [2.45, 2.75) is 19.0 Å². The zero-order valence-corrected chi connectivity index (χ0v) is 16.0. The molecule has 7 nitrogen and oxygen atoms in total. The van der Waals surface area contributed by atoms with Gasteiger partial charge in [-0.05, 0) is 29.8 Å². The second kappa shape index (κ2) is 8.15. The SMILES string of the molecule is COC(=O)C1C(C)C(C(=O)O)N(C(=O)c2ccccc2)C1c1ccc(C#N)cc1. The van der Waals surface area contributed by atoms with Gasteiger partial charge in [0.1, 0.15) is 6.04 Å². The Morgan fingerprint density at radius 1 is 1.07 bits per heavy atom. The van der Waals surface area contributed by atoms with Gasteiger partial charge in [0.15, 0.2) is 0 Å². The number of esters is 1. The average molecular weight is 392 g/mol. The van der Waals surface area contributed by atoms with E-state index in [-0.39, 0.29) is 0 Å². The van der Waals surface area contributed by atoms with Crippen LogP contribution < -0.4 is 0 Å². The number of carboxylic acid groups (broad SMARTS) is 1. The highest BCUT2D eigenvalue weighted by Crippen LogP contribution is 2.46. The van der Waals surface area contributed by atoms with Gasteiger partial charge in [0.25, 0.3) is 5.91 Å². The fourth-order valence-corrected chi connectivity index (χ4v) is 4.01. The predicted molar refractivity (Wildman–Crippen MR) is 103 cm³/mol. The van der Waals surface area contributed by atoms with E-state index in [0.717, 1.165) is 0 Å². The predicted octanol–water partition coefficient (Wildman–Crippen LogP) is 2.63. The van der Waals surface area contributed by atoms with Crippen molar-refractivity contribution in [2.24, 2.45) is 11.8 Å². The zero-order chi connectivity index (χ0) is 21.1. The molecule has 1 saturated heterocycles. The van der Waals surface area contributed by atoms with Crippen LogP contribution in [-0.4, -0.2) is 41.0 Å². The number of ether oxygens (including phenoxy) is 1. The van der Waals surface area contributed by atoms with E-state index in [1.54, 1.807) is 61.5 Å². The maximum absolute atomic E-state index is 13.3. The molecule has 4 unspecified atom stereocenters. The van der Waals surface area contributed by atoms with Crippen molar-refractivity contribution in [1.82, 2.24) is 4.90 Å². The molecule has 1 heterocycles. The van der Waals surface area contributed by atoms with Crippen LogP contribution in [-0.2, 0) is 14.3 Å². The number of hydrogen-bond donors (Lipinski definition) is 1. The highest BCUT2D eigenvalue weighted by Gasteiger charge is 2.56. The minimum Gasteiger partial charge on any atom is -0.480 e. The molecule has 2 aromatic rings. The lowest BCUT2D eigenvalue weighted by Crippen LogP contribution is -2.43. The third-order valence-electron chi connectivity index (χ3n) is 5.37. The number of benzene rings is 2. The van der Waals surface area contributed by atoms with Gasteiger partial charge < -0.3 is 14.7 Å². The largest absolute Gasteiger partial charge is 0.480 e. The molecule has 0 spiro atoms. The summed E-state index contributed by atoms with van der Waals surface area (Å²) < 4.78 is 4.94. The maximum atomic E-state index is 13.3. The second-order valence-electron chi connectivity index (χ2n) is 6.95. The number of carbonyl (C=O) groups is 3. The molecule has 4 atom stereocenters. The van der Waals surface area contributed by atoms with Crippen molar-refractivity contribution in [2.75, 3.05) is 7.11 Å². The fourth-order valence-electron chi connectivity index (χ4n) is 4.01. The first-order valence-corrected chi connectivity index (χ1v) is 9.09. The molecule has 29 heavy (non-hydrogen) atoms. The fraction of sp³-hybridized carbons (Fsp3) is 0.273. The van der Waals surface area contributed by atoms with Gasteiger partial charge >= 0.3 is 11.9 Å². The third-order valence-corrected chi connectivity index (χ3v) is 5.37. The summed E-state index contributed by atoms with van der Waals surface area (Å²) in [5.41, 5.74) is 1.32. The van der Waals surface area contributed by atoms with Crippen LogP contribution in [0.2, 0.25) is 0 Å². The Labute approximate surface area is 168 Å². The Morgan fingerprint density at radius 2 is 1.69 bits per heavy atom. The molecule has 1 fully saturated rings. The van der Waals surface area contributed by atoms with E-state index in [9.17, 15) is 19.5 Å². The summed E-state index contributed by atoms with van der Waals surface area (Å²) in [5.74, 6) is -3.78. The lowest BCUT2D eigenvalue weighted by Gasteiger charge is -2.30. The molecular weight excluding hydrogens is 372 g/mol. The van der Waals surface area contributed by atoms with Gasteiger partial charge in [0.05, 0.1) is 30.7 Å². The highest BCUT2D eigenvalue weighted by atomic mass is 16.5.